The van der Waals surface area contributed by atoms with Gasteiger partial charge in [0.1, 0.15) is 5.75 Å². The van der Waals surface area contributed by atoms with Crippen LogP contribution in [0.2, 0.25) is 0 Å². The standard InChI is InChI=1S/C20H32N2O4S/c1-3-26-19-13-8-7-12-18(19)22(27(2,24)25)15-9-14-20(23)21-16-17-10-5-4-6-11-17/h7-8,12-13,17H,3-6,9-11,14-16H2,1-2H3,(H,21,23). The zero-order chi connectivity index (χ0) is 19.7. The van der Waals surface area contributed by atoms with Crippen molar-refractivity contribution in [2.24, 2.45) is 5.92 Å². The molecule has 0 heterocycles. The van der Waals surface area contributed by atoms with Gasteiger partial charge >= 0.3 is 0 Å². The number of rotatable bonds is 10. The number of hydrogen-bond acceptors (Lipinski definition) is 4. The number of sulfonamides is 1. The molecule has 1 amide bonds. The molecule has 1 saturated carbocycles. The van der Waals surface area contributed by atoms with Crippen LogP contribution in [0.4, 0.5) is 5.69 Å². The summed E-state index contributed by atoms with van der Waals surface area (Å²) < 4.78 is 31.4. The molecule has 0 bridgehead atoms. The first kappa shape index (κ1) is 21.5. The maximum atomic E-state index is 12.3. The van der Waals surface area contributed by atoms with Crippen LogP contribution in [0.1, 0.15) is 51.9 Å². The van der Waals surface area contributed by atoms with Crippen molar-refractivity contribution in [3.8, 4) is 5.75 Å². The van der Waals surface area contributed by atoms with Gasteiger partial charge in [0.15, 0.2) is 0 Å². The molecule has 0 saturated heterocycles. The molecule has 1 N–H and O–H groups in total. The number of ether oxygens (including phenoxy) is 1. The lowest BCUT2D eigenvalue weighted by Crippen LogP contribution is -2.33. The molecule has 1 aliphatic carbocycles. The average Bonchev–Trinajstić information content (AvgIpc) is 2.64. The van der Waals surface area contributed by atoms with Crippen molar-refractivity contribution in [3.05, 3.63) is 24.3 Å². The zero-order valence-corrected chi connectivity index (χ0v) is 17.3. The summed E-state index contributed by atoms with van der Waals surface area (Å²) in [5, 5.41) is 3.00. The fraction of sp³-hybridized carbons (Fsp3) is 0.650. The van der Waals surface area contributed by atoms with Crippen LogP contribution in [0.15, 0.2) is 24.3 Å². The van der Waals surface area contributed by atoms with E-state index in [0.717, 1.165) is 6.54 Å². The Morgan fingerprint density at radius 1 is 1.22 bits per heavy atom. The van der Waals surface area contributed by atoms with Crippen LogP contribution in [0, 0.1) is 5.92 Å². The van der Waals surface area contributed by atoms with Crippen LogP contribution in [-0.4, -0.2) is 40.3 Å². The van der Waals surface area contributed by atoms with Crippen LogP contribution >= 0.6 is 0 Å². The fourth-order valence-electron chi connectivity index (χ4n) is 3.53. The Morgan fingerprint density at radius 3 is 2.59 bits per heavy atom. The average molecular weight is 397 g/mol. The summed E-state index contributed by atoms with van der Waals surface area (Å²) in [7, 11) is -3.46. The molecule has 0 aromatic heterocycles. The van der Waals surface area contributed by atoms with E-state index in [4.69, 9.17) is 4.74 Å². The molecular weight excluding hydrogens is 364 g/mol. The smallest absolute Gasteiger partial charge is 0.232 e. The van der Waals surface area contributed by atoms with Crippen molar-refractivity contribution >= 4 is 21.6 Å². The second-order valence-electron chi connectivity index (χ2n) is 7.15. The molecule has 2 rings (SSSR count). The number of amides is 1. The van der Waals surface area contributed by atoms with Gasteiger partial charge in [-0.25, -0.2) is 8.42 Å². The molecule has 0 aliphatic heterocycles. The molecule has 1 aromatic carbocycles. The summed E-state index contributed by atoms with van der Waals surface area (Å²) in [5.74, 6) is 1.12. The number of para-hydroxylation sites is 2. The number of carbonyl (C=O) groups excluding carboxylic acids is 1. The molecular formula is C20H32N2O4S. The Hall–Kier alpha value is -1.76. The van der Waals surface area contributed by atoms with E-state index >= 15 is 0 Å². The Morgan fingerprint density at radius 2 is 1.93 bits per heavy atom. The summed E-state index contributed by atoms with van der Waals surface area (Å²) in [4.78, 5) is 12.1. The van der Waals surface area contributed by atoms with Crippen molar-refractivity contribution in [2.45, 2.75) is 51.9 Å². The molecule has 0 unspecified atom stereocenters. The third kappa shape index (κ3) is 7.05. The summed E-state index contributed by atoms with van der Waals surface area (Å²) in [6.45, 7) is 3.30. The summed E-state index contributed by atoms with van der Waals surface area (Å²) >= 11 is 0. The fourth-order valence-corrected chi connectivity index (χ4v) is 4.50. The van der Waals surface area contributed by atoms with Gasteiger partial charge in [-0.1, -0.05) is 31.4 Å². The quantitative estimate of drug-likeness (QED) is 0.658. The molecule has 0 spiro atoms. The minimum atomic E-state index is -3.46. The van der Waals surface area contributed by atoms with Gasteiger partial charge in [-0.2, -0.15) is 0 Å². The third-order valence-corrected chi connectivity index (χ3v) is 6.09. The maximum absolute atomic E-state index is 12.3. The predicted molar refractivity (Wildman–Crippen MR) is 109 cm³/mol. The van der Waals surface area contributed by atoms with Gasteiger partial charge in [0, 0.05) is 19.5 Å². The Bertz CT molecular complexity index is 700. The van der Waals surface area contributed by atoms with Crippen LogP contribution in [0.25, 0.3) is 0 Å². The van der Waals surface area contributed by atoms with Gasteiger partial charge in [-0.05, 0) is 44.2 Å². The van der Waals surface area contributed by atoms with Gasteiger partial charge in [0.2, 0.25) is 15.9 Å². The Labute approximate surface area is 163 Å². The highest BCUT2D eigenvalue weighted by atomic mass is 32.2. The molecule has 27 heavy (non-hydrogen) atoms. The minimum Gasteiger partial charge on any atom is -0.492 e. The van der Waals surface area contributed by atoms with Gasteiger partial charge < -0.3 is 10.1 Å². The second-order valence-corrected chi connectivity index (χ2v) is 9.05. The topological polar surface area (TPSA) is 75.7 Å². The van der Waals surface area contributed by atoms with E-state index in [0.29, 0.717) is 36.8 Å². The molecule has 0 atom stereocenters. The monoisotopic (exact) mass is 396 g/mol. The Kier molecular flexibility index (Phi) is 8.41. The van der Waals surface area contributed by atoms with Gasteiger partial charge in [-0.15, -0.1) is 0 Å². The largest absolute Gasteiger partial charge is 0.492 e. The highest BCUT2D eigenvalue weighted by Gasteiger charge is 2.21. The lowest BCUT2D eigenvalue weighted by Gasteiger charge is -2.24. The maximum Gasteiger partial charge on any atom is 0.232 e. The molecule has 6 nitrogen and oxygen atoms in total. The molecule has 7 heteroatoms. The second kappa shape index (κ2) is 10.5. The lowest BCUT2D eigenvalue weighted by atomic mass is 9.89. The number of anilines is 1. The van der Waals surface area contributed by atoms with Crippen molar-refractivity contribution in [1.29, 1.82) is 0 Å². The number of nitrogens with zero attached hydrogens (tertiary/aromatic N) is 1. The van der Waals surface area contributed by atoms with E-state index in [2.05, 4.69) is 5.32 Å². The van der Waals surface area contributed by atoms with E-state index in [-0.39, 0.29) is 12.5 Å². The summed E-state index contributed by atoms with van der Waals surface area (Å²) in [6, 6.07) is 7.09. The molecule has 152 valence electrons. The van der Waals surface area contributed by atoms with Crippen molar-refractivity contribution < 1.29 is 17.9 Å². The molecule has 1 aliphatic rings. The van der Waals surface area contributed by atoms with E-state index in [1.807, 2.05) is 13.0 Å². The summed E-state index contributed by atoms with van der Waals surface area (Å²) in [5.41, 5.74) is 0.518. The van der Waals surface area contributed by atoms with Crippen molar-refractivity contribution in [1.82, 2.24) is 5.32 Å². The number of hydrogen-bond donors (Lipinski definition) is 1. The number of carbonyl (C=O) groups is 1. The number of nitrogens with one attached hydrogen (secondary N) is 1. The molecule has 1 fully saturated rings. The molecule has 1 aromatic rings. The Balaban J connectivity index is 1.89. The zero-order valence-electron chi connectivity index (χ0n) is 16.4. The predicted octanol–water partition coefficient (Wildman–Crippen LogP) is 3.33. The van der Waals surface area contributed by atoms with E-state index in [1.165, 1.54) is 42.7 Å². The minimum absolute atomic E-state index is 0.00730. The SMILES string of the molecule is CCOc1ccccc1N(CCCC(=O)NCC1CCCCC1)S(C)(=O)=O. The highest BCUT2D eigenvalue weighted by Crippen LogP contribution is 2.30. The van der Waals surface area contributed by atoms with Gasteiger partial charge in [-0.3, -0.25) is 9.10 Å². The van der Waals surface area contributed by atoms with Crippen LogP contribution in [-0.2, 0) is 14.8 Å². The first-order chi connectivity index (χ1) is 12.9. The van der Waals surface area contributed by atoms with E-state index < -0.39 is 10.0 Å². The number of benzene rings is 1. The molecule has 0 radical (unpaired) electrons. The van der Waals surface area contributed by atoms with Crippen LogP contribution < -0.4 is 14.4 Å². The van der Waals surface area contributed by atoms with Crippen molar-refractivity contribution in [2.75, 3.05) is 30.3 Å². The normalized spacial score (nSPS) is 15.3. The van der Waals surface area contributed by atoms with Gasteiger partial charge in [0.05, 0.1) is 18.6 Å². The van der Waals surface area contributed by atoms with E-state index in [1.54, 1.807) is 18.2 Å². The summed E-state index contributed by atoms with van der Waals surface area (Å²) in [6.07, 6.45) is 8.15. The van der Waals surface area contributed by atoms with Crippen LogP contribution in [0.5, 0.6) is 5.75 Å². The van der Waals surface area contributed by atoms with Crippen LogP contribution in [0.3, 0.4) is 0 Å². The van der Waals surface area contributed by atoms with Gasteiger partial charge in [0.25, 0.3) is 0 Å². The lowest BCUT2D eigenvalue weighted by molar-refractivity contribution is -0.121. The first-order valence-corrected chi connectivity index (χ1v) is 11.7. The van der Waals surface area contributed by atoms with Crippen molar-refractivity contribution in [3.63, 3.8) is 0 Å². The van der Waals surface area contributed by atoms with E-state index in [9.17, 15) is 13.2 Å². The first-order valence-electron chi connectivity index (χ1n) is 9.88. The third-order valence-electron chi connectivity index (χ3n) is 4.91. The highest BCUT2D eigenvalue weighted by molar-refractivity contribution is 7.92.